The molecule has 0 saturated carbocycles. The molecule has 0 spiro atoms. The molecule has 0 aromatic heterocycles. The van der Waals surface area contributed by atoms with E-state index in [1.54, 1.807) is 24.3 Å². The van der Waals surface area contributed by atoms with Gasteiger partial charge in [-0.1, -0.05) is 6.07 Å². The standard InChI is InChI=1S/C15H17N3O3/c16-9-11-3-1-4-12(7-11)17-14(19)10-18-6-2-5-13(18)8-15(20)21/h1,3-4,7,13H,2,5-6,8,10H2,(H,17,19)(H,20,21). The minimum Gasteiger partial charge on any atom is -0.481 e. The lowest BCUT2D eigenvalue weighted by atomic mass is 10.1. The number of carboxylic acids is 1. The van der Waals surface area contributed by atoms with E-state index in [0.717, 1.165) is 19.4 Å². The van der Waals surface area contributed by atoms with E-state index in [1.807, 2.05) is 11.0 Å². The first-order valence-electron chi connectivity index (χ1n) is 6.84. The molecule has 6 heteroatoms. The maximum Gasteiger partial charge on any atom is 0.304 e. The summed E-state index contributed by atoms with van der Waals surface area (Å²) in [5.41, 5.74) is 1.06. The van der Waals surface area contributed by atoms with E-state index < -0.39 is 5.97 Å². The van der Waals surface area contributed by atoms with E-state index in [0.29, 0.717) is 11.3 Å². The Labute approximate surface area is 123 Å². The van der Waals surface area contributed by atoms with Crippen LogP contribution in [-0.4, -0.2) is 41.0 Å². The number of nitrogens with zero attached hydrogens (tertiary/aromatic N) is 2. The Balaban J connectivity index is 1.92. The molecule has 0 radical (unpaired) electrons. The van der Waals surface area contributed by atoms with Crippen molar-refractivity contribution in [2.24, 2.45) is 0 Å². The molecule has 1 aliphatic heterocycles. The zero-order valence-electron chi connectivity index (χ0n) is 11.6. The molecule has 1 atom stereocenters. The number of nitriles is 1. The van der Waals surface area contributed by atoms with Gasteiger partial charge in [0.1, 0.15) is 0 Å². The van der Waals surface area contributed by atoms with Crippen LogP contribution in [0.5, 0.6) is 0 Å². The molecule has 1 aromatic carbocycles. The number of carbonyl (C=O) groups excluding carboxylic acids is 1. The van der Waals surface area contributed by atoms with Crippen molar-refractivity contribution in [1.29, 1.82) is 5.26 Å². The second-order valence-corrected chi connectivity index (χ2v) is 5.11. The Morgan fingerprint density at radius 1 is 1.48 bits per heavy atom. The maximum atomic E-state index is 12.0. The van der Waals surface area contributed by atoms with Crippen LogP contribution in [0, 0.1) is 11.3 Å². The monoisotopic (exact) mass is 287 g/mol. The van der Waals surface area contributed by atoms with Gasteiger partial charge in [0.05, 0.1) is 24.6 Å². The summed E-state index contributed by atoms with van der Waals surface area (Å²) in [6.07, 6.45) is 1.79. The van der Waals surface area contributed by atoms with Gasteiger partial charge in [0.15, 0.2) is 0 Å². The van der Waals surface area contributed by atoms with E-state index in [4.69, 9.17) is 10.4 Å². The first kappa shape index (κ1) is 15.0. The lowest BCUT2D eigenvalue weighted by Crippen LogP contribution is -2.37. The third-order valence-corrected chi connectivity index (χ3v) is 3.53. The van der Waals surface area contributed by atoms with Crippen LogP contribution >= 0.6 is 0 Å². The normalized spacial score (nSPS) is 18.1. The molecule has 2 N–H and O–H groups in total. The summed E-state index contributed by atoms with van der Waals surface area (Å²) in [6.45, 7) is 0.915. The van der Waals surface area contributed by atoms with Crippen LogP contribution in [0.2, 0.25) is 0 Å². The van der Waals surface area contributed by atoms with Crippen LogP contribution < -0.4 is 5.32 Å². The number of rotatable bonds is 5. The van der Waals surface area contributed by atoms with Crippen molar-refractivity contribution in [2.75, 3.05) is 18.4 Å². The minimum absolute atomic E-state index is 0.0667. The molecule has 1 saturated heterocycles. The van der Waals surface area contributed by atoms with Gasteiger partial charge in [0.2, 0.25) is 5.91 Å². The second kappa shape index (κ2) is 6.86. The van der Waals surface area contributed by atoms with Crippen LogP contribution in [0.1, 0.15) is 24.8 Å². The Morgan fingerprint density at radius 3 is 3.00 bits per heavy atom. The number of carbonyl (C=O) groups is 2. The number of amides is 1. The molecule has 110 valence electrons. The minimum atomic E-state index is -0.839. The molecule has 1 aliphatic rings. The van der Waals surface area contributed by atoms with Gasteiger partial charge in [-0.25, -0.2) is 0 Å². The first-order chi connectivity index (χ1) is 10.1. The number of aliphatic carboxylic acids is 1. The molecule has 2 rings (SSSR count). The van der Waals surface area contributed by atoms with Gasteiger partial charge in [0, 0.05) is 11.7 Å². The van der Waals surface area contributed by atoms with Gasteiger partial charge in [-0.2, -0.15) is 5.26 Å². The summed E-state index contributed by atoms with van der Waals surface area (Å²) < 4.78 is 0. The van der Waals surface area contributed by atoms with Gasteiger partial charge in [0.25, 0.3) is 0 Å². The fraction of sp³-hybridized carbons (Fsp3) is 0.400. The number of hydrogen-bond donors (Lipinski definition) is 2. The molecule has 1 aromatic rings. The number of likely N-dealkylation sites (tertiary alicyclic amines) is 1. The number of hydrogen-bond acceptors (Lipinski definition) is 4. The van der Waals surface area contributed by atoms with E-state index in [1.165, 1.54) is 0 Å². The number of anilines is 1. The quantitative estimate of drug-likeness (QED) is 0.854. The van der Waals surface area contributed by atoms with Crippen LogP contribution in [0.3, 0.4) is 0 Å². The smallest absolute Gasteiger partial charge is 0.304 e. The molecule has 1 heterocycles. The largest absolute Gasteiger partial charge is 0.481 e. The van der Waals surface area contributed by atoms with Crippen LogP contribution in [0.25, 0.3) is 0 Å². The van der Waals surface area contributed by atoms with Crippen molar-refractivity contribution in [3.05, 3.63) is 29.8 Å². The Morgan fingerprint density at radius 2 is 2.29 bits per heavy atom. The van der Waals surface area contributed by atoms with E-state index in [9.17, 15) is 9.59 Å². The van der Waals surface area contributed by atoms with Crippen molar-refractivity contribution >= 4 is 17.6 Å². The van der Waals surface area contributed by atoms with Crippen LogP contribution in [-0.2, 0) is 9.59 Å². The highest BCUT2D eigenvalue weighted by atomic mass is 16.4. The molecular weight excluding hydrogens is 270 g/mol. The second-order valence-electron chi connectivity index (χ2n) is 5.11. The SMILES string of the molecule is N#Cc1cccc(NC(=O)CN2CCCC2CC(=O)O)c1. The Hall–Kier alpha value is -2.39. The molecular formula is C15H17N3O3. The number of benzene rings is 1. The van der Waals surface area contributed by atoms with E-state index in [-0.39, 0.29) is 24.9 Å². The summed E-state index contributed by atoms with van der Waals surface area (Å²) in [4.78, 5) is 24.7. The molecule has 0 bridgehead atoms. The highest BCUT2D eigenvalue weighted by Gasteiger charge is 2.27. The lowest BCUT2D eigenvalue weighted by molar-refractivity contribution is -0.138. The van der Waals surface area contributed by atoms with Crippen molar-refractivity contribution in [1.82, 2.24) is 4.90 Å². The highest BCUT2D eigenvalue weighted by molar-refractivity contribution is 5.92. The van der Waals surface area contributed by atoms with Crippen molar-refractivity contribution < 1.29 is 14.7 Å². The van der Waals surface area contributed by atoms with Gasteiger partial charge < -0.3 is 10.4 Å². The number of nitrogens with one attached hydrogen (secondary N) is 1. The first-order valence-corrected chi connectivity index (χ1v) is 6.84. The summed E-state index contributed by atoms with van der Waals surface area (Å²) in [7, 11) is 0. The fourth-order valence-electron chi connectivity index (χ4n) is 2.59. The predicted octanol–water partition coefficient (Wildman–Crippen LogP) is 1.44. The molecule has 21 heavy (non-hydrogen) atoms. The average Bonchev–Trinajstić information content (AvgIpc) is 2.85. The Kier molecular flexibility index (Phi) is 4.90. The third kappa shape index (κ3) is 4.29. The van der Waals surface area contributed by atoms with Gasteiger partial charge in [-0.3, -0.25) is 14.5 Å². The van der Waals surface area contributed by atoms with E-state index in [2.05, 4.69) is 5.32 Å². The van der Waals surface area contributed by atoms with Gasteiger partial charge in [-0.15, -0.1) is 0 Å². The van der Waals surface area contributed by atoms with Gasteiger partial charge >= 0.3 is 5.97 Å². The fourth-order valence-corrected chi connectivity index (χ4v) is 2.59. The van der Waals surface area contributed by atoms with Crippen LogP contribution in [0.4, 0.5) is 5.69 Å². The number of carboxylic acid groups (broad SMARTS) is 1. The molecule has 1 amide bonds. The van der Waals surface area contributed by atoms with Crippen molar-refractivity contribution in [2.45, 2.75) is 25.3 Å². The summed E-state index contributed by atoms with van der Waals surface area (Å²) in [6, 6.07) is 8.64. The topological polar surface area (TPSA) is 93.4 Å². The molecule has 6 nitrogen and oxygen atoms in total. The lowest BCUT2D eigenvalue weighted by Gasteiger charge is -2.22. The summed E-state index contributed by atoms with van der Waals surface area (Å²) >= 11 is 0. The third-order valence-electron chi connectivity index (χ3n) is 3.53. The summed E-state index contributed by atoms with van der Waals surface area (Å²) in [5.74, 6) is -1.03. The van der Waals surface area contributed by atoms with Crippen LogP contribution in [0.15, 0.2) is 24.3 Å². The molecule has 0 aliphatic carbocycles. The molecule has 1 fully saturated rings. The predicted molar refractivity (Wildman–Crippen MR) is 76.6 cm³/mol. The average molecular weight is 287 g/mol. The maximum absolute atomic E-state index is 12.0. The van der Waals surface area contributed by atoms with Gasteiger partial charge in [-0.05, 0) is 37.6 Å². The van der Waals surface area contributed by atoms with Crippen molar-refractivity contribution in [3.63, 3.8) is 0 Å². The van der Waals surface area contributed by atoms with E-state index >= 15 is 0 Å². The Bertz CT molecular complexity index is 580. The summed E-state index contributed by atoms with van der Waals surface area (Å²) in [5, 5.41) is 20.4. The molecule has 1 unspecified atom stereocenters. The highest BCUT2D eigenvalue weighted by Crippen LogP contribution is 2.20. The van der Waals surface area contributed by atoms with Crippen molar-refractivity contribution in [3.8, 4) is 6.07 Å². The zero-order chi connectivity index (χ0) is 15.2. The zero-order valence-corrected chi connectivity index (χ0v) is 11.6.